The van der Waals surface area contributed by atoms with Gasteiger partial charge in [0.05, 0.1) is 5.54 Å². The minimum Gasteiger partial charge on any atom is -0.323 e. The van der Waals surface area contributed by atoms with Crippen molar-refractivity contribution >= 4 is 11.3 Å². The number of hydrogen-bond donors (Lipinski definition) is 2. The van der Waals surface area contributed by atoms with E-state index in [0.717, 1.165) is 17.1 Å². The second-order valence-corrected chi connectivity index (χ2v) is 6.25. The molecule has 1 aromatic heterocycles. The summed E-state index contributed by atoms with van der Waals surface area (Å²) in [5.41, 5.74) is 8.50. The Balaban J connectivity index is 1.97. The van der Waals surface area contributed by atoms with Gasteiger partial charge in [0.1, 0.15) is 5.01 Å². The van der Waals surface area contributed by atoms with Gasteiger partial charge < -0.3 is 11.1 Å². The van der Waals surface area contributed by atoms with E-state index in [9.17, 15) is 0 Å². The molecule has 0 amide bonds. The summed E-state index contributed by atoms with van der Waals surface area (Å²) in [6.07, 6.45) is 1.84. The molecule has 4 heteroatoms. The van der Waals surface area contributed by atoms with Crippen LogP contribution in [0.15, 0.2) is 35.8 Å². The average molecular weight is 275 g/mol. The van der Waals surface area contributed by atoms with Crippen LogP contribution in [0.1, 0.15) is 36.0 Å². The van der Waals surface area contributed by atoms with E-state index in [1.54, 1.807) is 11.3 Å². The fraction of sp³-hybridized carbons (Fsp3) is 0.400. The van der Waals surface area contributed by atoms with Crippen molar-refractivity contribution in [1.29, 1.82) is 0 Å². The zero-order valence-electron chi connectivity index (χ0n) is 11.7. The molecule has 1 unspecified atom stereocenters. The van der Waals surface area contributed by atoms with Gasteiger partial charge in [0, 0.05) is 24.2 Å². The molecule has 0 saturated heterocycles. The number of nitrogens with one attached hydrogen (secondary N) is 1. The zero-order chi connectivity index (χ0) is 13.9. The van der Waals surface area contributed by atoms with Gasteiger partial charge in [0.2, 0.25) is 0 Å². The van der Waals surface area contributed by atoms with Crippen LogP contribution in [0.3, 0.4) is 0 Å². The lowest BCUT2D eigenvalue weighted by Gasteiger charge is -2.26. The summed E-state index contributed by atoms with van der Waals surface area (Å²) in [7, 11) is 0. The summed E-state index contributed by atoms with van der Waals surface area (Å²) < 4.78 is 0. The van der Waals surface area contributed by atoms with Gasteiger partial charge in [-0.25, -0.2) is 4.98 Å². The lowest BCUT2D eigenvalue weighted by molar-refractivity contribution is 0.386. The summed E-state index contributed by atoms with van der Waals surface area (Å²) in [6, 6.07) is 8.39. The van der Waals surface area contributed by atoms with Gasteiger partial charge in [-0.1, -0.05) is 29.8 Å². The first-order chi connectivity index (χ1) is 8.99. The average Bonchev–Trinajstić information content (AvgIpc) is 2.91. The second-order valence-electron chi connectivity index (χ2n) is 5.36. The highest BCUT2D eigenvalue weighted by atomic mass is 32.1. The maximum atomic E-state index is 6.23. The highest BCUT2D eigenvalue weighted by Crippen LogP contribution is 2.22. The van der Waals surface area contributed by atoms with E-state index in [2.05, 4.69) is 55.3 Å². The molecular formula is C15H21N3S. The van der Waals surface area contributed by atoms with Crippen molar-refractivity contribution in [2.75, 3.05) is 6.54 Å². The number of aromatic nitrogens is 1. The van der Waals surface area contributed by atoms with Crippen molar-refractivity contribution in [3.8, 4) is 0 Å². The lowest BCUT2D eigenvalue weighted by atomic mass is 10.0. The van der Waals surface area contributed by atoms with Crippen molar-refractivity contribution in [2.45, 2.75) is 32.4 Å². The highest BCUT2D eigenvalue weighted by molar-refractivity contribution is 7.09. The molecule has 1 heterocycles. The summed E-state index contributed by atoms with van der Waals surface area (Å²) in [6.45, 7) is 7.08. The number of benzene rings is 1. The summed E-state index contributed by atoms with van der Waals surface area (Å²) >= 11 is 1.66. The minimum absolute atomic E-state index is 0.000151. The van der Waals surface area contributed by atoms with Crippen LogP contribution in [0, 0.1) is 6.92 Å². The standard InChI is InChI=1S/C15H21N3S/c1-11-4-6-12(7-5-11)13(16)10-18-15(2,3)14-17-8-9-19-14/h4-9,13,18H,10,16H2,1-3H3. The molecule has 0 aliphatic rings. The van der Waals surface area contributed by atoms with Crippen LogP contribution < -0.4 is 11.1 Å². The molecule has 19 heavy (non-hydrogen) atoms. The van der Waals surface area contributed by atoms with Crippen LogP contribution >= 0.6 is 11.3 Å². The highest BCUT2D eigenvalue weighted by Gasteiger charge is 2.23. The monoisotopic (exact) mass is 275 g/mol. The fourth-order valence-corrected chi connectivity index (χ4v) is 2.64. The second kappa shape index (κ2) is 5.82. The molecular weight excluding hydrogens is 254 g/mol. The Morgan fingerprint density at radius 1 is 1.32 bits per heavy atom. The van der Waals surface area contributed by atoms with Crippen molar-refractivity contribution in [2.24, 2.45) is 5.73 Å². The molecule has 0 fully saturated rings. The van der Waals surface area contributed by atoms with E-state index >= 15 is 0 Å². The molecule has 2 rings (SSSR count). The molecule has 0 radical (unpaired) electrons. The fourth-order valence-electron chi connectivity index (χ4n) is 1.90. The number of rotatable bonds is 5. The van der Waals surface area contributed by atoms with E-state index in [4.69, 9.17) is 5.73 Å². The Bertz CT molecular complexity index is 503. The predicted molar refractivity (Wildman–Crippen MR) is 81.3 cm³/mol. The number of aryl methyl sites for hydroxylation is 1. The van der Waals surface area contributed by atoms with E-state index in [1.165, 1.54) is 5.56 Å². The van der Waals surface area contributed by atoms with Crippen LogP contribution in [-0.2, 0) is 5.54 Å². The summed E-state index contributed by atoms with van der Waals surface area (Å²) in [4.78, 5) is 4.37. The maximum Gasteiger partial charge on any atom is 0.112 e. The Labute approximate surface area is 118 Å². The number of nitrogens with two attached hydrogens (primary N) is 1. The normalized spacial score (nSPS) is 13.5. The Morgan fingerprint density at radius 3 is 2.58 bits per heavy atom. The van der Waals surface area contributed by atoms with E-state index in [0.29, 0.717) is 0 Å². The largest absolute Gasteiger partial charge is 0.323 e. The Morgan fingerprint density at radius 2 is 2.00 bits per heavy atom. The van der Waals surface area contributed by atoms with Crippen LogP contribution in [0.5, 0.6) is 0 Å². The summed E-state index contributed by atoms with van der Waals surface area (Å²) in [5, 5.41) is 6.58. The zero-order valence-corrected chi connectivity index (χ0v) is 12.5. The molecule has 1 atom stereocenters. The van der Waals surface area contributed by atoms with Gasteiger partial charge >= 0.3 is 0 Å². The number of hydrogen-bond acceptors (Lipinski definition) is 4. The molecule has 3 nitrogen and oxygen atoms in total. The SMILES string of the molecule is Cc1ccc(C(N)CNC(C)(C)c2nccs2)cc1. The van der Waals surface area contributed by atoms with Gasteiger partial charge in [-0.2, -0.15) is 0 Å². The molecule has 1 aromatic carbocycles. The van der Waals surface area contributed by atoms with Crippen molar-refractivity contribution in [3.05, 3.63) is 52.0 Å². The number of thiazole rings is 1. The smallest absolute Gasteiger partial charge is 0.112 e. The van der Waals surface area contributed by atoms with Crippen LogP contribution in [0.2, 0.25) is 0 Å². The molecule has 0 aliphatic heterocycles. The Kier molecular flexibility index (Phi) is 4.34. The van der Waals surface area contributed by atoms with Crippen molar-refractivity contribution in [3.63, 3.8) is 0 Å². The van der Waals surface area contributed by atoms with E-state index < -0.39 is 0 Å². The third-order valence-electron chi connectivity index (χ3n) is 3.24. The first kappa shape index (κ1) is 14.2. The molecule has 102 valence electrons. The van der Waals surface area contributed by atoms with E-state index in [-0.39, 0.29) is 11.6 Å². The van der Waals surface area contributed by atoms with E-state index in [1.807, 2.05) is 11.6 Å². The first-order valence-electron chi connectivity index (χ1n) is 6.46. The molecule has 0 aliphatic carbocycles. The van der Waals surface area contributed by atoms with Crippen molar-refractivity contribution < 1.29 is 0 Å². The maximum absolute atomic E-state index is 6.23. The summed E-state index contributed by atoms with van der Waals surface area (Å²) in [5.74, 6) is 0. The predicted octanol–water partition coefficient (Wildman–Crippen LogP) is 2.98. The van der Waals surface area contributed by atoms with Gasteiger partial charge in [-0.3, -0.25) is 0 Å². The van der Waals surface area contributed by atoms with Crippen LogP contribution in [0.25, 0.3) is 0 Å². The van der Waals surface area contributed by atoms with Gasteiger partial charge in [0.25, 0.3) is 0 Å². The third-order valence-corrected chi connectivity index (χ3v) is 4.33. The molecule has 0 spiro atoms. The van der Waals surface area contributed by atoms with Gasteiger partial charge in [-0.15, -0.1) is 11.3 Å². The number of nitrogens with zero attached hydrogens (tertiary/aromatic N) is 1. The van der Waals surface area contributed by atoms with Crippen LogP contribution in [0.4, 0.5) is 0 Å². The first-order valence-corrected chi connectivity index (χ1v) is 7.34. The Hall–Kier alpha value is -1.23. The topological polar surface area (TPSA) is 50.9 Å². The lowest BCUT2D eigenvalue weighted by Crippen LogP contribution is -2.40. The quantitative estimate of drug-likeness (QED) is 0.882. The molecule has 0 saturated carbocycles. The van der Waals surface area contributed by atoms with Gasteiger partial charge in [0.15, 0.2) is 0 Å². The minimum atomic E-state index is -0.142. The third kappa shape index (κ3) is 3.62. The van der Waals surface area contributed by atoms with Crippen LogP contribution in [-0.4, -0.2) is 11.5 Å². The molecule has 3 N–H and O–H groups in total. The molecule has 2 aromatic rings. The van der Waals surface area contributed by atoms with Gasteiger partial charge in [-0.05, 0) is 26.3 Å². The van der Waals surface area contributed by atoms with Crippen molar-refractivity contribution in [1.82, 2.24) is 10.3 Å². The molecule has 0 bridgehead atoms.